The van der Waals surface area contributed by atoms with Crippen LogP contribution in [0.1, 0.15) is 48.5 Å². The number of carbonyl (C=O) groups excluding carboxylic acids is 2. The summed E-state index contributed by atoms with van der Waals surface area (Å²) in [6, 6.07) is 14.6. The van der Waals surface area contributed by atoms with Crippen molar-refractivity contribution in [2.24, 2.45) is 5.92 Å². The fraction of sp³-hybridized carbons (Fsp3) is 0.364. The first-order valence-corrected chi connectivity index (χ1v) is 9.57. The number of amides is 3. The molecular weight excluding hydrogens is 338 g/mol. The maximum absolute atomic E-state index is 12.5. The van der Waals surface area contributed by atoms with E-state index in [4.69, 9.17) is 0 Å². The van der Waals surface area contributed by atoms with Gasteiger partial charge in [-0.2, -0.15) is 0 Å². The van der Waals surface area contributed by atoms with Crippen LogP contribution in [-0.4, -0.2) is 18.0 Å². The summed E-state index contributed by atoms with van der Waals surface area (Å²) in [6.45, 7) is 4.10. The zero-order valence-electron chi connectivity index (χ0n) is 15.9. The molecule has 1 aliphatic carbocycles. The van der Waals surface area contributed by atoms with Gasteiger partial charge in [0.15, 0.2) is 0 Å². The first-order chi connectivity index (χ1) is 13.0. The molecule has 3 N–H and O–H groups in total. The van der Waals surface area contributed by atoms with E-state index in [0.717, 1.165) is 30.5 Å². The number of carbonyl (C=O) groups is 2. The van der Waals surface area contributed by atoms with E-state index in [-0.39, 0.29) is 18.0 Å². The highest BCUT2D eigenvalue weighted by Gasteiger charge is 2.23. The molecule has 2 aromatic rings. The molecule has 1 fully saturated rings. The minimum absolute atomic E-state index is 0.203. The van der Waals surface area contributed by atoms with Gasteiger partial charge in [0, 0.05) is 23.0 Å². The van der Waals surface area contributed by atoms with E-state index in [1.807, 2.05) is 43.3 Å². The van der Waals surface area contributed by atoms with Gasteiger partial charge in [-0.15, -0.1) is 0 Å². The molecule has 1 saturated carbocycles. The van der Waals surface area contributed by atoms with E-state index in [9.17, 15) is 9.59 Å². The molecule has 1 aliphatic rings. The average molecular weight is 365 g/mol. The number of rotatable bonds is 4. The lowest BCUT2D eigenvalue weighted by molar-refractivity contribution is 0.102. The second-order valence-corrected chi connectivity index (χ2v) is 7.32. The van der Waals surface area contributed by atoms with Gasteiger partial charge in [0.05, 0.1) is 0 Å². The molecular formula is C22H27N3O2. The lowest BCUT2D eigenvalue weighted by atomic mass is 9.86. The summed E-state index contributed by atoms with van der Waals surface area (Å²) in [5.41, 5.74) is 2.81. The van der Waals surface area contributed by atoms with Gasteiger partial charge >= 0.3 is 6.03 Å². The molecule has 0 aliphatic heterocycles. The van der Waals surface area contributed by atoms with Crippen LogP contribution in [0.3, 0.4) is 0 Å². The van der Waals surface area contributed by atoms with Crippen molar-refractivity contribution >= 4 is 23.3 Å². The van der Waals surface area contributed by atoms with Crippen LogP contribution in [0.25, 0.3) is 0 Å². The third-order valence-corrected chi connectivity index (χ3v) is 5.21. The third kappa shape index (κ3) is 5.09. The van der Waals surface area contributed by atoms with Gasteiger partial charge in [-0.1, -0.05) is 44.0 Å². The van der Waals surface area contributed by atoms with Crippen molar-refractivity contribution in [3.05, 3.63) is 59.7 Å². The molecule has 5 nitrogen and oxygen atoms in total. The first-order valence-electron chi connectivity index (χ1n) is 9.57. The van der Waals surface area contributed by atoms with Crippen LogP contribution in [0.15, 0.2) is 48.5 Å². The van der Waals surface area contributed by atoms with E-state index < -0.39 is 0 Å². The number of benzene rings is 2. The predicted octanol–water partition coefficient (Wildman–Crippen LogP) is 4.95. The molecule has 0 spiro atoms. The number of aryl methyl sites for hydroxylation is 1. The molecule has 2 aromatic carbocycles. The van der Waals surface area contributed by atoms with Gasteiger partial charge in [-0.05, 0) is 55.5 Å². The van der Waals surface area contributed by atoms with Gasteiger partial charge in [0.1, 0.15) is 0 Å². The average Bonchev–Trinajstić information content (AvgIpc) is 2.66. The Kier molecular flexibility index (Phi) is 6.12. The van der Waals surface area contributed by atoms with Crippen LogP contribution in [0.5, 0.6) is 0 Å². The molecule has 3 rings (SSSR count). The van der Waals surface area contributed by atoms with Crippen LogP contribution >= 0.6 is 0 Å². The van der Waals surface area contributed by atoms with Crippen molar-refractivity contribution in [2.75, 3.05) is 10.6 Å². The molecule has 27 heavy (non-hydrogen) atoms. The Labute approximate surface area is 160 Å². The molecule has 0 aromatic heterocycles. The van der Waals surface area contributed by atoms with Gasteiger partial charge in [-0.25, -0.2) is 4.79 Å². The Morgan fingerprint density at radius 2 is 1.70 bits per heavy atom. The van der Waals surface area contributed by atoms with Crippen LogP contribution in [0.4, 0.5) is 16.2 Å². The highest BCUT2D eigenvalue weighted by Crippen LogP contribution is 2.24. The minimum atomic E-state index is -0.211. The number of nitrogens with one attached hydrogen (secondary N) is 3. The SMILES string of the molecule is Cc1ccc(C(=O)Nc2ccccc2)cc1NC(=O)NC1CCCCC1C. The largest absolute Gasteiger partial charge is 0.335 e. The van der Waals surface area contributed by atoms with Crippen molar-refractivity contribution < 1.29 is 9.59 Å². The predicted molar refractivity (Wildman–Crippen MR) is 109 cm³/mol. The third-order valence-electron chi connectivity index (χ3n) is 5.21. The number of para-hydroxylation sites is 1. The molecule has 142 valence electrons. The first kappa shape index (κ1) is 19.0. The summed E-state index contributed by atoms with van der Waals surface area (Å²) in [6.07, 6.45) is 4.56. The summed E-state index contributed by atoms with van der Waals surface area (Å²) < 4.78 is 0. The number of hydrogen-bond donors (Lipinski definition) is 3. The van der Waals surface area contributed by atoms with Crippen LogP contribution in [0.2, 0.25) is 0 Å². The van der Waals surface area contributed by atoms with Crippen LogP contribution in [-0.2, 0) is 0 Å². The van der Waals surface area contributed by atoms with E-state index in [0.29, 0.717) is 17.2 Å². The lowest BCUT2D eigenvalue weighted by Gasteiger charge is -2.29. The van der Waals surface area contributed by atoms with E-state index in [2.05, 4.69) is 22.9 Å². The molecule has 0 radical (unpaired) electrons. The highest BCUT2D eigenvalue weighted by atomic mass is 16.2. The van der Waals surface area contributed by atoms with E-state index >= 15 is 0 Å². The Hall–Kier alpha value is -2.82. The molecule has 0 bridgehead atoms. The monoisotopic (exact) mass is 365 g/mol. The van der Waals surface area contributed by atoms with Crippen LogP contribution < -0.4 is 16.0 Å². The second-order valence-electron chi connectivity index (χ2n) is 7.32. The van der Waals surface area contributed by atoms with Gasteiger partial charge in [0.25, 0.3) is 5.91 Å². The second kappa shape index (κ2) is 8.71. The summed E-state index contributed by atoms with van der Waals surface area (Å²) >= 11 is 0. The fourth-order valence-corrected chi connectivity index (χ4v) is 3.48. The highest BCUT2D eigenvalue weighted by molar-refractivity contribution is 6.05. The molecule has 0 heterocycles. The van der Waals surface area contributed by atoms with Crippen molar-refractivity contribution in [2.45, 2.75) is 45.6 Å². The Balaban J connectivity index is 1.66. The summed E-state index contributed by atoms with van der Waals surface area (Å²) in [5, 5.41) is 8.85. The van der Waals surface area contributed by atoms with Crippen molar-refractivity contribution in [3.8, 4) is 0 Å². The van der Waals surface area contributed by atoms with Crippen molar-refractivity contribution in [1.29, 1.82) is 0 Å². The maximum Gasteiger partial charge on any atom is 0.319 e. The molecule has 2 atom stereocenters. The van der Waals surface area contributed by atoms with E-state index in [1.165, 1.54) is 6.42 Å². The van der Waals surface area contributed by atoms with Gasteiger partial charge < -0.3 is 16.0 Å². The summed E-state index contributed by atoms with van der Waals surface area (Å²) in [4.78, 5) is 24.9. The smallest absolute Gasteiger partial charge is 0.319 e. The summed E-state index contributed by atoms with van der Waals surface area (Å²) in [5.74, 6) is 0.291. The van der Waals surface area contributed by atoms with Crippen molar-refractivity contribution in [1.82, 2.24) is 5.32 Å². The van der Waals surface area contributed by atoms with Gasteiger partial charge in [0.2, 0.25) is 0 Å². The number of anilines is 2. The summed E-state index contributed by atoms with van der Waals surface area (Å²) in [7, 11) is 0. The fourth-order valence-electron chi connectivity index (χ4n) is 3.48. The number of hydrogen-bond acceptors (Lipinski definition) is 2. The zero-order chi connectivity index (χ0) is 19.2. The zero-order valence-corrected chi connectivity index (χ0v) is 15.9. The normalized spacial score (nSPS) is 19.2. The van der Waals surface area contributed by atoms with Crippen molar-refractivity contribution in [3.63, 3.8) is 0 Å². The molecule has 2 unspecified atom stereocenters. The Morgan fingerprint density at radius 1 is 0.963 bits per heavy atom. The Morgan fingerprint density at radius 3 is 2.44 bits per heavy atom. The standard InChI is InChI=1S/C22H27N3O2/c1-15-8-6-7-11-19(15)24-22(27)25-20-14-17(13-12-16(20)2)21(26)23-18-9-4-3-5-10-18/h3-5,9-10,12-15,19H,6-8,11H2,1-2H3,(H,23,26)(H2,24,25,27). The Bertz CT molecular complexity index is 804. The van der Waals surface area contributed by atoms with Crippen LogP contribution in [0, 0.1) is 12.8 Å². The lowest BCUT2D eigenvalue weighted by Crippen LogP contribution is -2.43. The molecule has 0 saturated heterocycles. The van der Waals surface area contributed by atoms with E-state index in [1.54, 1.807) is 12.1 Å². The molecule has 5 heteroatoms. The molecule has 3 amide bonds. The topological polar surface area (TPSA) is 70.2 Å². The minimum Gasteiger partial charge on any atom is -0.335 e. The quantitative estimate of drug-likeness (QED) is 0.717. The van der Waals surface area contributed by atoms with Gasteiger partial charge in [-0.3, -0.25) is 4.79 Å². The number of urea groups is 1. The maximum atomic E-state index is 12.5.